The Hall–Kier alpha value is -2.38. The van der Waals surface area contributed by atoms with Crippen LogP contribution in [-0.2, 0) is 17.8 Å². The first-order valence-electron chi connectivity index (χ1n) is 10.4. The summed E-state index contributed by atoms with van der Waals surface area (Å²) in [6.07, 6.45) is 2.47. The molecule has 1 saturated heterocycles. The van der Waals surface area contributed by atoms with Gasteiger partial charge in [-0.05, 0) is 45.2 Å². The van der Waals surface area contributed by atoms with E-state index in [1.165, 1.54) is 17.3 Å². The van der Waals surface area contributed by atoms with E-state index in [-0.39, 0.29) is 11.9 Å². The number of hydrogen-bond donors (Lipinski definition) is 0. The zero-order valence-electron chi connectivity index (χ0n) is 17.8. The van der Waals surface area contributed by atoms with E-state index in [0.717, 1.165) is 53.9 Å². The summed E-state index contributed by atoms with van der Waals surface area (Å²) in [6, 6.07) is 12.2. The molecule has 3 heterocycles. The quantitative estimate of drug-likeness (QED) is 0.400. The predicted octanol–water partition coefficient (Wildman–Crippen LogP) is 4.21. The Morgan fingerprint density at radius 2 is 1.97 bits per heavy atom. The van der Waals surface area contributed by atoms with Crippen molar-refractivity contribution in [3.63, 3.8) is 0 Å². The summed E-state index contributed by atoms with van der Waals surface area (Å²) in [5.41, 5.74) is 4.12. The number of carbonyl (C=O) groups is 1. The Kier molecular flexibility index (Phi) is 6.39. The average molecular weight is 425 g/mol. The second-order valence-electron chi connectivity index (χ2n) is 7.84. The molecule has 0 N–H and O–H groups in total. The van der Waals surface area contributed by atoms with Crippen LogP contribution in [0.3, 0.4) is 0 Å². The van der Waals surface area contributed by atoms with Gasteiger partial charge in [-0.1, -0.05) is 42.1 Å². The molecule has 1 aromatic carbocycles. The number of thioether (sulfide) groups is 1. The Bertz CT molecular complexity index is 1020. The molecule has 1 atom stereocenters. The van der Waals surface area contributed by atoms with E-state index < -0.39 is 0 Å². The fourth-order valence-corrected chi connectivity index (χ4v) is 4.85. The molecule has 0 aliphatic carbocycles. The van der Waals surface area contributed by atoms with Crippen molar-refractivity contribution in [3.05, 3.63) is 64.7 Å². The third kappa shape index (κ3) is 4.52. The van der Waals surface area contributed by atoms with Crippen LogP contribution in [0.2, 0.25) is 0 Å². The lowest BCUT2D eigenvalue weighted by molar-refractivity contribution is 0.0957. The molecule has 1 aliphatic heterocycles. The van der Waals surface area contributed by atoms with E-state index in [4.69, 9.17) is 4.74 Å². The average Bonchev–Trinajstić information content (AvgIpc) is 3.45. The van der Waals surface area contributed by atoms with Crippen molar-refractivity contribution < 1.29 is 9.53 Å². The second-order valence-corrected chi connectivity index (χ2v) is 8.79. The van der Waals surface area contributed by atoms with Gasteiger partial charge in [-0.25, -0.2) is 0 Å². The normalized spacial score (nSPS) is 16.3. The van der Waals surface area contributed by atoms with Gasteiger partial charge in [0.2, 0.25) is 0 Å². The maximum Gasteiger partial charge on any atom is 0.191 e. The number of aromatic nitrogens is 4. The molecule has 1 fully saturated rings. The van der Waals surface area contributed by atoms with Crippen molar-refractivity contribution in [2.24, 2.45) is 0 Å². The maximum absolute atomic E-state index is 13.0. The molecule has 1 unspecified atom stereocenters. The van der Waals surface area contributed by atoms with E-state index in [1.54, 1.807) is 0 Å². The van der Waals surface area contributed by atoms with Gasteiger partial charge in [0.1, 0.15) is 5.82 Å². The highest BCUT2D eigenvalue weighted by Crippen LogP contribution is 2.24. The first kappa shape index (κ1) is 20.9. The molecular weight excluding hydrogens is 396 g/mol. The number of benzene rings is 1. The summed E-state index contributed by atoms with van der Waals surface area (Å²) in [5.74, 6) is 1.32. The van der Waals surface area contributed by atoms with Crippen LogP contribution in [-0.4, -0.2) is 43.6 Å². The molecule has 2 aromatic heterocycles. The summed E-state index contributed by atoms with van der Waals surface area (Å²) in [5, 5.41) is 9.29. The molecule has 0 bridgehead atoms. The zero-order valence-corrected chi connectivity index (χ0v) is 18.6. The fourth-order valence-electron chi connectivity index (χ4n) is 3.98. The van der Waals surface area contributed by atoms with Crippen molar-refractivity contribution in [2.75, 3.05) is 12.4 Å². The zero-order chi connectivity index (χ0) is 21.1. The van der Waals surface area contributed by atoms with Gasteiger partial charge in [0.15, 0.2) is 10.9 Å². The molecule has 0 saturated carbocycles. The van der Waals surface area contributed by atoms with Gasteiger partial charge in [0.25, 0.3) is 0 Å². The van der Waals surface area contributed by atoms with Crippen LogP contribution < -0.4 is 0 Å². The molecule has 6 nitrogen and oxygen atoms in total. The number of hydrogen-bond acceptors (Lipinski definition) is 5. The van der Waals surface area contributed by atoms with E-state index in [9.17, 15) is 4.79 Å². The minimum Gasteiger partial charge on any atom is -0.376 e. The molecule has 0 amide bonds. The third-order valence-electron chi connectivity index (χ3n) is 5.70. The van der Waals surface area contributed by atoms with Gasteiger partial charge in [-0.2, -0.15) is 0 Å². The smallest absolute Gasteiger partial charge is 0.191 e. The largest absolute Gasteiger partial charge is 0.376 e. The van der Waals surface area contributed by atoms with Crippen LogP contribution in [0.15, 0.2) is 41.6 Å². The predicted molar refractivity (Wildman–Crippen MR) is 118 cm³/mol. The lowest BCUT2D eigenvalue weighted by Crippen LogP contribution is -2.17. The van der Waals surface area contributed by atoms with Crippen molar-refractivity contribution >= 4 is 17.5 Å². The molecule has 4 rings (SSSR count). The number of ether oxygens (including phenoxy) is 1. The minimum absolute atomic E-state index is 0.124. The molecule has 0 radical (unpaired) electrons. The Labute approximate surface area is 181 Å². The first-order valence-corrected chi connectivity index (χ1v) is 11.4. The van der Waals surface area contributed by atoms with Crippen LogP contribution in [0.5, 0.6) is 0 Å². The molecule has 3 aromatic rings. The number of nitrogens with zero attached hydrogens (tertiary/aromatic N) is 4. The Balaban J connectivity index is 1.44. The molecule has 0 spiro atoms. The van der Waals surface area contributed by atoms with Gasteiger partial charge >= 0.3 is 0 Å². The molecule has 30 heavy (non-hydrogen) atoms. The highest BCUT2D eigenvalue weighted by molar-refractivity contribution is 7.99. The summed E-state index contributed by atoms with van der Waals surface area (Å²) >= 11 is 1.45. The van der Waals surface area contributed by atoms with Crippen LogP contribution in [0.25, 0.3) is 0 Å². The number of ketones is 1. The van der Waals surface area contributed by atoms with Crippen LogP contribution >= 0.6 is 11.8 Å². The Morgan fingerprint density at radius 1 is 1.17 bits per heavy atom. The van der Waals surface area contributed by atoms with E-state index >= 15 is 0 Å². The van der Waals surface area contributed by atoms with Crippen LogP contribution in [0, 0.1) is 20.8 Å². The monoisotopic (exact) mass is 424 g/mol. The van der Waals surface area contributed by atoms with Gasteiger partial charge in [0, 0.05) is 30.1 Å². The molecule has 7 heteroatoms. The third-order valence-corrected chi connectivity index (χ3v) is 6.67. The van der Waals surface area contributed by atoms with E-state index in [0.29, 0.717) is 12.3 Å². The highest BCUT2D eigenvalue weighted by Gasteiger charge is 2.21. The highest BCUT2D eigenvalue weighted by atomic mass is 32.2. The van der Waals surface area contributed by atoms with Crippen LogP contribution in [0.4, 0.5) is 0 Å². The summed E-state index contributed by atoms with van der Waals surface area (Å²) in [7, 11) is 0. The lowest BCUT2D eigenvalue weighted by atomic mass is 10.2. The summed E-state index contributed by atoms with van der Waals surface area (Å²) in [6.45, 7) is 8.40. The number of rotatable bonds is 8. The topological polar surface area (TPSA) is 61.9 Å². The Morgan fingerprint density at radius 3 is 2.70 bits per heavy atom. The first-order chi connectivity index (χ1) is 14.5. The standard InChI is InChI=1S/C23H28N4O2S/c1-16-12-21(17(2)26(16)14-20-10-7-11-29-20)22(28)15-30-23-25-24-18(3)27(23)13-19-8-5-4-6-9-19/h4-6,8-9,12,20H,7,10-11,13-15H2,1-3H3. The lowest BCUT2D eigenvalue weighted by Gasteiger charge is -2.14. The summed E-state index contributed by atoms with van der Waals surface area (Å²) < 4.78 is 10.1. The summed E-state index contributed by atoms with van der Waals surface area (Å²) in [4.78, 5) is 13.0. The van der Waals surface area contributed by atoms with Crippen molar-refractivity contribution in [1.29, 1.82) is 0 Å². The number of aryl methyl sites for hydroxylation is 2. The van der Waals surface area contributed by atoms with E-state index in [1.807, 2.05) is 38.1 Å². The van der Waals surface area contributed by atoms with Gasteiger partial charge in [0.05, 0.1) is 18.4 Å². The van der Waals surface area contributed by atoms with Crippen molar-refractivity contribution in [1.82, 2.24) is 19.3 Å². The van der Waals surface area contributed by atoms with Crippen molar-refractivity contribution in [2.45, 2.75) is 58.0 Å². The van der Waals surface area contributed by atoms with Crippen LogP contribution in [0.1, 0.15) is 46.0 Å². The minimum atomic E-state index is 0.124. The molecule has 1 aliphatic rings. The SMILES string of the molecule is Cc1cc(C(=O)CSc2nnc(C)n2Cc2ccccc2)c(C)n1CC1CCCO1. The van der Waals surface area contributed by atoms with Crippen molar-refractivity contribution in [3.8, 4) is 0 Å². The maximum atomic E-state index is 13.0. The molecular formula is C23H28N4O2S. The second kappa shape index (κ2) is 9.18. The van der Waals surface area contributed by atoms with Gasteiger partial charge < -0.3 is 13.9 Å². The van der Waals surface area contributed by atoms with E-state index in [2.05, 4.69) is 38.4 Å². The molecule has 158 valence electrons. The van der Waals surface area contributed by atoms with Gasteiger partial charge in [-0.15, -0.1) is 10.2 Å². The number of Topliss-reactive ketones (excluding diaryl/α,β-unsaturated/α-hetero) is 1. The number of carbonyl (C=O) groups excluding carboxylic acids is 1. The fraction of sp³-hybridized carbons (Fsp3) is 0.435. The van der Waals surface area contributed by atoms with Gasteiger partial charge in [-0.3, -0.25) is 4.79 Å².